The molecule has 2 heterocycles. The predicted molar refractivity (Wildman–Crippen MR) is 96.2 cm³/mol. The minimum Gasteiger partial charge on any atom is -0.358 e. The third-order valence-electron chi connectivity index (χ3n) is 5.04. The van der Waals surface area contributed by atoms with Gasteiger partial charge in [-0.25, -0.2) is 4.79 Å². The number of para-hydroxylation sites is 1. The fraction of sp³-hybridized carbons (Fsp3) is 0.474. The maximum Gasteiger partial charge on any atom is 0.314 e. The van der Waals surface area contributed by atoms with E-state index < -0.39 is 0 Å². The first kappa shape index (κ1) is 16.0. The zero-order chi connectivity index (χ0) is 17.2. The highest BCUT2D eigenvalue weighted by Crippen LogP contribution is 2.32. The number of fused-ring (bicyclic) bond motifs is 1. The first-order valence-electron chi connectivity index (χ1n) is 9.07. The van der Waals surface area contributed by atoms with Crippen LogP contribution in [0, 0.1) is 5.92 Å². The number of hydrogen-bond donors (Lipinski definition) is 3. The highest BCUT2D eigenvalue weighted by Gasteiger charge is 2.39. The van der Waals surface area contributed by atoms with Crippen molar-refractivity contribution in [2.45, 2.75) is 31.7 Å². The van der Waals surface area contributed by atoms with Crippen molar-refractivity contribution in [2.24, 2.45) is 5.92 Å². The van der Waals surface area contributed by atoms with E-state index in [-0.39, 0.29) is 17.9 Å². The van der Waals surface area contributed by atoms with Gasteiger partial charge < -0.3 is 20.5 Å². The molecule has 25 heavy (non-hydrogen) atoms. The molecule has 4 rings (SSSR count). The molecule has 6 nitrogen and oxygen atoms in total. The summed E-state index contributed by atoms with van der Waals surface area (Å²) >= 11 is 0. The van der Waals surface area contributed by atoms with Crippen LogP contribution in [0.2, 0.25) is 0 Å². The molecule has 6 heteroatoms. The fourth-order valence-electron chi connectivity index (χ4n) is 3.56. The van der Waals surface area contributed by atoms with Crippen LogP contribution in [0.3, 0.4) is 0 Å². The van der Waals surface area contributed by atoms with Gasteiger partial charge in [0.05, 0.1) is 0 Å². The van der Waals surface area contributed by atoms with Crippen molar-refractivity contribution in [3.63, 3.8) is 0 Å². The van der Waals surface area contributed by atoms with Crippen LogP contribution >= 0.6 is 0 Å². The summed E-state index contributed by atoms with van der Waals surface area (Å²) in [4.78, 5) is 29.2. The second-order valence-electron chi connectivity index (χ2n) is 7.12. The van der Waals surface area contributed by atoms with Gasteiger partial charge in [-0.2, -0.15) is 0 Å². The molecule has 1 saturated carbocycles. The van der Waals surface area contributed by atoms with Crippen LogP contribution in [0.4, 0.5) is 4.79 Å². The molecule has 0 unspecified atom stereocenters. The molecule has 2 aliphatic rings. The van der Waals surface area contributed by atoms with Crippen LogP contribution in [0.1, 0.15) is 25.0 Å². The molecule has 3 amide bonds. The van der Waals surface area contributed by atoms with Gasteiger partial charge in [0.2, 0.25) is 5.91 Å². The molecule has 132 valence electrons. The van der Waals surface area contributed by atoms with Gasteiger partial charge in [-0.15, -0.1) is 0 Å². The summed E-state index contributed by atoms with van der Waals surface area (Å²) in [5, 5.41) is 6.98. The number of nitrogens with zero attached hydrogens (tertiary/aromatic N) is 1. The lowest BCUT2D eigenvalue weighted by Gasteiger charge is -2.15. The topological polar surface area (TPSA) is 77.2 Å². The summed E-state index contributed by atoms with van der Waals surface area (Å²) in [7, 11) is 0. The van der Waals surface area contributed by atoms with E-state index in [1.807, 2.05) is 23.1 Å². The van der Waals surface area contributed by atoms with Crippen LogP contribution in [0.25, 0.3) is 10.9 Å². The van der Waals surface area contributed by atoms with Crippen molar-refractivity contribution in [3.05, 3.63) is 36.0 Å². The first-order chi connectivity index (χ1) is 12.2. The second-order valence-corrected chi connectivity index (χ2v) is 7.12. The first-order valence-corrected chi connectivity index (χ1v) is 9.07. The number of carbonyl (C=O) groups is 2. The van der Waals surface area contributed by atoms with Gasteiger partial charge in [0.15, 0.2) is 0 Å². The number of nitrogens with one attached hydrogen (secondary N) is 3. The third kappa shape index (κ3) is 3.78. The van der Waals surface area contributed by atoms with Gasteiger partial charge in [-0.05, 0) is 30.4 Å². The van der Waals surface area contributed by atoms with Crippen LogP contribution in [-0.4, -0.2) is 47.5 Å². The number of benzene rings is 1. The largest absolute Gasteiger partial charge is 0.358 e. The Morgan fingerprint density at radius 2 is 2.08 bits per heavy atom. The van der Waals surface area contributed by atoms with E-state index in [2.05, 4.69) is 27.8 Å². The SMILES string of the molecule is O=C(NCCc1cc2ccccc2[nH]1)NC[C@@H]1CC(=O)N(C2CC2)C1. The summed E-state index contributed by atoms with van der Waals surface area (Å²) < 4.78 is 0. The summed E-state index contributed by atoms with van der Waals surface area (Å²) in [6, 6.07) is 10.6. The molecule has 3 N–H and O–H groups in total. The third-order valence-corrected chi connectivity index (χ3v) is 5.04. The van der Waals surface area contributed by atoms with Crippen molar-refractivity contribution in [2.75, 3.05) is 19.6 Å². The molecular weight excluding hydrogens is 316 g/mol. The average Bonchev–Trinajstić information content (AvgIpc) is 3.25. The maximum absolute atomic E-state index is 11.9. The van der Waals surface area contributed by atoms with E-state index in [4.69, 9.17) is 0 Å². The Morgan fingerprint density at radius 3 is 2.88 bits per heavy atom. The quantitative estimate of drug-likeness (QED) is 0.752. The van der Waals surface area contributed by atoms with Crippen molar-refractivity contribution in [3.8, 4) is 0 Å². The van der Waals surface area contributed by atoms with Crippen LogP contribution < -0.4 is 10.6 Å². The summed E-state index contributed by atoms with van der Waals surface area (Å²) in [5.74, 6) is 0.487. The Kier molecular flexibility index (Phi) is 4.34. The van der Waals surface area contributed by atoms with E-state index in [1.165, 1.54) is 5.39 Å². The summed E-state index contributed by atoms with van der Waals surface area (Å²) in [6.07, 6.45) is 3.60. The minimum absolute atomic E-state index is 0.159. The Labute approximate surface area is 147 Å². The predicted octanol–water partition coefficient (Wildman–Crippen LogP) is 2.02. The number of rotatable bonds is 6. The molecular formula is C19H24N4O2. The van der Waals surface area contributed by atoms with Crippen molar-refractivity contribution < 1.29 is 9.59 Å². The Hall–Kier alpha value is -2.50. The van der Waals surface area contributed by atoms with Gasteiger partial charge in [-0.1, -0.05) is 18.2 Å². The Balaban J connectivity index is 1.17. The van der Waals surface area contributed by atoms with E-state index in [0.717, 1.165) is 37.0 Å². The minimum atomic E-state index is -0.159. The summed E-state index contributed by atoms with van der Waals surface area (Å²) in [6.45, 7) is 1.93. The van der Waals surface area contributed by atoms with E-state index >= 15 is 0 Å². The number of likely N-dealkylation sites (tertiary alicyclic amines) is 1. The molecule has 1 aliphatic carbocycles. The van der Waals surface area contributed by atoms with E-state index in [9.17, 15) is 9.59 Å². The number of aromatic nitrogens is 1. The zero-order valence-electron chi connectivity index (χ0n) is 14.3. The Bertz CT molecular complexity index is 748. The van der Waals surface area contributed by atoms with Gasteiger partial charge in [-0.3, -0.25) is 4.79 Å². The van der Waals surface area contributed by atoms with Gasteiger partial charge >= 0.3 is 6.03 Å². The lowest BCUT2D eigenvalue weighted by atomic mass is 10.1. The van der Waals surface area contributed by atoms with Crippen LogP contribution in [0.15, 0.2) is 30.3 Å². The number of urea groups is 1. The molecule has 1 saturated heterocycles. The molecule has 2 fully saturated rings. The van der Waals surface area contributed by atoms with Crippen molar-refractivity contribution >= 4 is 22.8 Å². The highest BCUT2D eigenvalue weighted by atomic mass is 16.2. The number of hydrogen-bond acceptors (Lipinski definition) is 2. The van der Waals surface area contributed by atoms with Crippen LogP contribution in [0.5, 0.6) is 0 Å². The zero-order valence-corrected chi connectivity index (χ0v) is 14.3. The van der Waals surface area contributed by atoms with Crippen LogP contribution in [-0.2, 0) is 11.2 Å². The van der Waals surface area contributed by atoms with Gasteiger partial charge in [0.25, 0.3) is 0 Å². The second kappa shape index (κ2) is 6.78. The van der Waals surface area contributed by atoms with E-state index in [1.54, 1.807) is 0 Å². The average molecular weight is 340 g/mol. The lowest BCUT2D eigenvalue weighted by molar-refractivity contribution is -0.128. The number of carbonyl (C=O) groups excluding carboxylic acids is 2. The number of amides is 3. The lowest BCUT2D eigenvalue weighted by Crippen LogP contribution is -2.39. The standard InChI is InChI=1S/C19H24N4O2/c24-18-9-13(12-23(18)16-5-6-16)11-21-19(25)20-8-7-15-10-14-3-1-2-4-17(14)22-15/h1-4,10,13,16,22H,5-9,11-12H2,(H2,20,21,25)/t13-/m0/s1. The monoisotopic (exact) mass is 340 g/mol. The molecule has 1 aromatic carbocycles. The van der Waals surface area contributed by atoms with Gasteiger partial charge in [0.1, 0.15) is 0 Å². The molecule has 1 aliphatic heterocycles. The fourth-order valence-corrected chi connectivity index (χ4v) is 3.56. The molecule has 2 aromatic rings. The number of H-pyrrole nitrogens is 1. The molecule has 0 bridgehead atoms. The smallest absolute Gasteiger partial charge is 0.314 e. The van der Waals surface area contributed by atoms with Crippen molar-refractivity contribution in [1.82, 2.24) is 20.5 Å². The number of aromatic amines is 1. The maximum atomic E-state index is 11.9. The molecule has 0 spiro atoms. The molecule has 1 atom stereocenters. The normalized spacial score (nSPS) is 20.2. The molecule has 0 radical (unpaired) electrons. The Morgan fingerprint density at radius 1 is 1.24 bits per heavy atom. The van der Waals surface area contributed by atoms with Gasteiger partial charge in [0, 0.05) is 55.6 Å². The summed E-state index contributed by atoms with van der Waals surface area (Å²) in [5.41, 5.74) is 2.23. The molecule has 1 aromatic heterocycles. The highest BCUT2D eigenvalue weighted by molar-refractivity contribution is 5.80. The van der Waals surface area contributed by atoms with Crippen molar-refractivity contribution in [1.29, 1.82) is 0 Å². The van der Waals surface area contributed by atoms with E-state index in [0.29, 0.717) is 25.6 Å².